The number of benzene rings is 3. The molecule has 3 aromatic carbocycles. The third kappa shape index (κ3) is 6.72. The maximum Gasteiger partial charge on any atom is 0.243 e. The molecule has 0 aliphatic rings. The number of hydrogen-bond acceptors (Lipinski definition) is 6. The minimum absolute atomic E-state index is 0.00723. The van der Waals surface area contributed by atoms with Crippen molar-refractivity contribution in [3.05, 3.63) is 106 Å². The highest BCUT2D eigenvalue weighted by molar-refractivity contribution is 7.89. The molecule has 0 fully saturated rings. The molecule has 4 rings (SSSR count). The second-order valence-corrected chi connectivity index (χ2v) is 10.8. The number of methoxy groups -OCH3 is 2. The highest BCUT2D eigenvalue weighted by atomic mass is 35.5. The lowest BCUT2D eigenvalue weighted by Crippen LogP contribution is -2.30. The van der Waals surface area contributed by atoms with Crippen LogP contribution in [-0.4, -0.2) is 33.2 Å². The van der Waals surface area contributed by atoms with E-state index in [9.17, 15) is 8.42 Å². The normalized spacial score (nSPS) is 11.8. The second kappa shape index (κ2) is 11.8. The van der Waals surface area contributed by atoms with Crippen LogP contribution in [0.4, 0.5) is 5.69 Å². The Morgan fingerprint density at radius 3 is 2.19 bits per heavy atom. The van der Waals surface area contributed by atoms with Crippen LogP contribution >= 0.6 is 23.2 Å². The summed E-state index contributed by atoms with van der Waals surface area (Å²) in [7, 11) is -0.741. The topological polar surface area (TPSA) is 81.3 Å². The van der Waals surface area contributed by atoms with Crippen molar-refractivity contribution in [2.75, 3.05) is 14.2 Å². The average molecular weight is 559 g/mol. The van der Waals surface area contributed by atoms with Crippen molar-refractivity contribution in [1.29, 1.82) is 0 Å². The number of aliphatic imine (C=N–C) groups is 1. The van der Waals surface area contributed by atoms with Crippen molar-refractivity contribution >= 4 is 45.1 Å². The summed E-state index contributed by atoms with van der Waals surface area (Å²) >= 11 is 12.0. The largest absolute Gasteiger partial charge is 0.497 e. The molecule has 0 amide bonds. The van der Waals surface area contributed by atoms with E-state index in [1.54, 1.807) is 87.2 Å². The standard InChI is InChI=1S/C27H24Cl2N2O5S/c1-34-22-11-14-26(27(15-22)35-2)30-16-23-9-10-24(36-23)18-31(17-19-3-5-20(28)6-4-19)37(32,33)25-12-7-21(29)8-13-25/h3-16H,17-18H2,1-2H3. The Hall–Kier alpha value is -3.30. The van der Waals surface area contributed by atoms with Crippen LogP contribution in [-0.2, 0) is 23.1 Å². The first-order valence-corrected chi connectivity index (χ1v) is 13.3. The van der Waals surface area contributed by atoms with Crippen molar-refractivity contribution in [2.45, 2.75) is 18.0 Å². The van der Waals surface area contributed by atoms with E-state index in [1.165, 1.54) is 16.4 Å². The summed E-state index contributed by atoms with van der Waals surface area (Å²) in [6, 6.07) is 21.8. The van der Waals surface area contributed by atoms with E-state index in [2.05, 4.69) is 4.99 Å². The molecule has 192 valence electrons. The van der Waals surface area contributed by atoms with Crippen LogP contribution in [0.2, 0.25) is 10.0 Å². The van der Waals surface area contributed by atoms with Crippen LogP contribution in [0.15, 0.2) is 93.2 Å². The lowest BCUT2D eigenvalue weighted by atomic mass is 10.2. The van der Waals surface area contributed by atoms with Crippen molar-refractivity contribution in [3.8, 4) is 11.5 Å². The van der Waals surface area contributed by atoms with Gasteiger partial charge in [0.25, 0.3) is 0 Å². The summed E-state index contributed by atoms with van der Waals surface area (Å²) in [5, 5.41) is 1.02. The zero-order chi connectivity index (χ0) is 26.4. The van der Waals surface area contributed by atoms with Gasteiger partial charge in [0.05, 0.1) is 31.9 Å². The van der Waals surface area contributed by atoms with Gasteiger partial charge in [-0.2, -0.15) is 4.31 Å². The number of rotatable bonds is 10. The molecule has 1 aromatic heterocycles. The summed E-state index contributed by atoms with van der Waals surface area (Å²) in [6.45, 7) is 0.128. The van der Waals surface area contributed by atoms with Gasteiger partial charge in [0.2, 0.25) is 10.0 Å². The van der Waals surface area contributed by atoms with Gasteiger partial charge in [0, 0.05) is 22.7 Å². The highest BCUT2D eigenvalue weighted by Crippen LogP contribution is 2.31. The fraction of sp³-hybridized carbons (Fsp3) is 0.148. The van der Waals surface area contributed by atoms with E-state index < -0.39 is 10.0 Å². The molecule has 1 heterocycles. The molecule has 0 saturated heterocycles. The number of halogens is 2. The first-order valence-electron chi connectivity index (χ1n) is 11.1. The summed E-state index contributed by atoms with van der Waals surface area (Å²) in [5.41, 5.74) is 1.37. The minimum atomic E-state index is -3.87. The maximum absolute atomic E-state index is 13.5. The van der Waals surface area contributed by atoms with Crippen LogP contribution in [0.5, 0.6) is 11.5 Å². The smallest absolute Gasteiger partial charge is 0.243 e. The first-order chi connectivity index (χ1) is 17.8. The lowest BCUT2D eigenvalue weighted by Gasteiger charge is -2.21. The van der Waals surface area contributed by atoms with E-state index in [-0.39, 0.29) is 18.0 Å². The Labute approximate surface area is 225 Å². The number of furan rings is 1. The SMILES string of the molecule is COc1ccc(N=Cc2ccc(CN(Cc3ccc(Cl)cc3)S(=O)(=O)c3ccc(Cl)cc3)o2)c(OC)c1. The van der Waals surface area contributed by atoms with Crippen LogP contribution in [0, 0.1) is 0 Å². The van der Waals surface area contributed by atoms with Crippen molar-refractivity contribution in [1.82, 2.24) is 4.31 Å². The van der Waals surface area contributed by atoms with Gasteiger partial charge in [0.15, 0.2) is 0 Å². The minimum Gasteiger partial charge on any atom is -0.497 e. The van der Waals surface area contributed by atoms with E-state index >= 15 is 0 Å². The lowest BCUT2D eigenvalue weighted by molar-refractivity contribution is 0.357. The van der Waals surface area contributed by atoms with Gasteiger partial charge >= 0.3 is 0 Å². The predicted molar refractivity (Wildman–Crippen MR) is 145 cm³/mol. The van der Waals surface area contributed by atoms with E-state index in [0.717, 1.165) is 5.56 Å². The second-order valence-electron chi connectivity index (χ2n) is 7.95. The predicted octanol–water partition coefficient (Wildman–Crippen LogP) is 6.75. The Morgan fingerprint density at radius 1 is 0.865 bits per heavy atom. The first kappa shape index (κ1) is 26.8. The molecule has 7 nitrogen and oxygen atoms in total. The summed E-state index contributed by atoms with van der Waals surface area (Å²) in [6.07, 6.45) is 1.55. The molecule has 0 bridgehead atoms. The van der Waals surface area contributed by atoms with Gasteiger partial charge in [0.1, 0.15) is 28.7 Å². The van der Waals surface area contributed by atoms with Gasteiger partial charge in [-0.15, -0.1) is 0 Å². The molecule has 0 unspecified atom stereocenters. The average Bonchev–Trinajstić information content (AvgIpc) is 3.35. The van der Waals surface area contributed by atoms with E-state index in [4.69, 9.17) is 37.1 Å². The summed E-state index contributed by atoms with van der Waals surface area (Å²) in [5.74, 6) is 2.11. The Balaban J connectivity index is 1.59. The number of sulfonamides is 1. The molecule has 0 atom stereocenters. The molecule has 4 aromatic rings. The van der Waals surface area contributed by atoms with Gasteiger partial charge in [-0.1, -0.05) is 35.3 Å². The molecule has 0 N–H and O–H groups in total. The number of ether oxygens (including phenoxy) is 2. The summed E-state index contributed by atoms with van der Waals surface area (Å²) in [4.78, 5) is 4.57. The maximum atomic E-state index is 13.5. The van der Waals surface area contributed by atoms with Crippen molar-refractivity contribution in [3.63, 3.8) is 0 Å². The fourth-order valence-electron chi connectivity index (χ4n) is 3.52. The third-order valence-corrected chi connectivity index (χ3v) is 7.77. The molecular formula is C27H24Cl2N2O5S. The molecule has 0 saturated carbocycles. The zero-order valence-corrected chi connectivity index (χ0v) is 22.4. The van der Waals surface area contributed by atoms with Gasteiger partial charge < -0.3 is 13.9 Å². The molecule has 10 heteroatoms. The number of nitrogens with zero attached hydrogens (tertiary/aromatic N) is 2. The summed E-state index contributed by atoms with van der Waals surface area (Å²) < 4.78 is 44.9. The zero-order valence-electron chi connectivity index (χ0n) is 20.1. The monoisotopic (exact) mass is 558 g/mol. The van der Waals surface area contributed by atoms with Crippen LogP contribution in [0.1, 0.15) is 17.1 Å². The molecule has 0 radical (unpaired) electrons. The Morgan fingerprint density at radius 2 is 1.54 bits per heavy atom. The van der Waals surface area contributed by atoms with Crippen LogP contribution in [0.3, 0.4) is 0 Å². The molecule has 0 aliphatic heterocycles. The van der Waals surface area contributed by atoms with Crippen LogP contribution in [0.25, 0.3) is 0 Å². The molecule has 0 spiro atoms. The van der Waals surface area contributed by atoms with Crippen molar-refractivity contribution in [2.24, 2.45) is 4.99 Å². The Bertz CT molecular complexity index is 1480. The van der Waals surface area contributed by atoms with Gasteiger partial charge in [-0.05, 0) is 66.2 Å². The van der Waals surface area contributed by atoms with E-state index in [1.807, 2.05) is 0 Å². The van der Waals surface area contributed by atoms with Gasteiger partial charge in [-0.3, -0.25) is 0 Å². The Kier molecular flexibility index (Phi) is 8.56. The van der Waals surface area contributed by atoms with Gasteiger partial charge in [-0.25, -0.2) is 13.4 Å². The quantitative estimate of drug-likeness (QED) is 0.201. The molecular weight excluding hydrogens is 535 g/mol. The van der Waals surface area contributed by atoms with Crippen LogP contribution < -0.4 is 9.47 Å². The number of hydrogen-bond donors (Lipinski definition) is 0. The highest BCUT2D eigenvalue weighted by Gasteiger charge is 2.26. The van der Waals surface area contributed by atoms with Crippen molar-refractivity contribution < 1.29 is 22.3 Å². The van der Waals surface area contributed by atoms with E-state index in [0.29, 0.717) is 38.8 Å². The third-order valence-electron chi connectivity index (χ3n) is 5.46. The molecule has 0 aliphatic carbocycles. The molecule has 37 heavy (non-hydrogen) atoms. The fourth-order valence-corrected chi connectivity index (χ4v) is 5.17.